The van der Waals surface area contributed by atoms with Crippen LogP contribution in [0.25, 0.3) is 5.57 Å². The first-order valence-corrected chi connectivity index (χ1v) is 4.11. The predicted molar refractivity (Wildman–Crippen MR) is 55.0 cm³/mol. The quantitative estimate of drug-likeness (QED) is 0.655. The van der Waals surface area contributed by atoms with Gasteiger partial charge in [0.05, 0.1) is 0 Å². The molecule has 13 heavy (non-hydrogen) atoms. The first-order chi connectivity index (χ1) is 6.38. The maximum atomic E-state index is 4.12. The van der Waals surface area contributed by atoms with E-state index in [-0.39, 0.29) is 0 Å². The van der Waals surface area contributed by atoms with E-state index in [0.29, 0.717) is 5.82 Å². The second kappa shape index (κ2) is 5.04. The minimum Gasteiger partial charge on any atom is -0.237 e. The van der Waals surface area contributed by atoms with Gasteiger partial charge in [-0.3, -0.25) is 0 Å². The molecule has 0 aliphatic carbocycles. The molecule has 66 valence electrons. The van der Waals surface area contributed by atoms with Crippen molar-refractivity contribution >= 4 is 5.57 Å². The molecular weight excluding hydrogens is 160 g/mol. The fourth-order valence-corrected chi connectivity index (χ4v) is 0.882. The van der Waals surface area contributed by atoms with Crippen LogP contribution in [0.3, 0.4) is 0 Å². The zero-order valence-corrected chi connectivity index (χ0v) is 7.64. The van der Waals surface area contributed by atoms with Crippen molar-refractivity contribution in [3.63, 3.8) is 0 Å². The molecule has 1 aromatic heterocycles. The van der Waals surface area contributed by atoms with Crippen molar-refractivity contribution in [2.24, 2.45) is 0 Å². The molecule has 0 atom stereocenters. The Hall–Kier alpha value is -1.70. The summed E-state index contributed by atoms with van der Waals surface area (Å²) >= 11 is 0. The molecule has 0 bridgehead atoms. The molecule has 0 saturated heterocycles. The van der Waals surface area contributed by atoms with Crippen LogP contribution in [0.2, 0.25) is 0 Å². The van der Waals surface area contributed by atoms with E-state index in [4.69, 9.17) is 0 Å². The number of nitrogens with zero attached hydrogens (tertiary/aromatic N) is 2. The zero-order valence-electron chi connectivity index (χ0n) is 7.64. The summed E-state index contributed by atoms with van der Waals surface area (Å²) in [6, 6.07) is 1.79. The Balaban J connectivity index is 2.98. The lowest BCUT2D eigenvalue weighted by atomic mass is 10.2. The van der Waals surface area contributed by atoms with E-state index in [1.54, 1.807) is 24.5 Å². The summed E-state index contributed by atoms with van der Waals surface area (Å²) in [4.78, 5) is 8.24. The van der Waals surface area contributed by atoms with E-state index < -0.39 is 0 Å². The van der Waals surface area contributed by atoms with Crippen LogP contribution in [0.5, 0.6) is 0 Å². The molecule has 0 aliphatic rings. The highest BCUT2D eigenvalue weighted by atomic mass is 14.8. The summed E-state index contributed by atoms with van der Waals surface area (Å²) < 4.78 is 0. The lowest BCUT2D eigenvalue weighted by Gasteiger charge is -1.96. The van der Waals surface area contributed by atoms with Gasteiger partial charge < -0.3 is 0 Å². The van der Waals surface area contributed by atoms with E-state index in [0.717, 1.165) is 5.57 Å². The molecule has 2 heteroatoms. The molecule has 0 spiro atoms. The second-order valence-electron chi connectivity index (χ2n) is 2.42. The maximum absolute atomic E-state index is 4.12. The third kappa shape index (κ3) is 2.67. The Bertz CT molecular complexity index is 323. The van der Waals surface area contributed by atoms with Gasteiger partial charge in [0, 0.05) is 18.0 Å². The van der Waals surface area contributed by atoms with Crippen LogP contribution in [-0.4, -0.2) is 9.97 Å². The van der Waals surface area contributed by atoms with Crippen LogP contribution in [0.15, 0.2) is 49.3 Å². The van der Waals surface area contributed by atoms with E-state index in [9.17, 15) is 0 Å². The van der Waals surface area contributed by atoms with Gasteiger partial charge in [-0.1, -0.05) is 30.9 Å². The minimum atomic E-state index is 0.704. The highest BCUT2D eigenvalue weighted by molar-refractivity contribution is 5.69. The van der Waals surface area contributed by atoms with Gasteiger partial charge in [-0.15, -0.1) is 0 Å². The van der Waals surface area contributed by atoms with E-state index in [2.05, 4.69) is 16.5 Å². The van der Waals surface area contributed by atoms with Gasteiger partial charge in [-0.2, -0.15) is 0 Å². The third-order valence-corrected chi connectivity index (χ3v) is 1.51. The summed E-state index contributed by atoms with van der Waals surface area (Å²) in [7, 11) is 0. The van der Waals surface area contributed by atoms with Gasteiger partial charge >= 0.3 is 0 Å². The number of aromatic nitrogens is 2. The van der Waals surface area contributed by atoms with Crippen molar-refractivity contribution in [1.82, 2.24) is 9.97 Å². The number of hydrogen-bond acceptors (Lipinski definition) is 2. The standard InChI is InChI=1S/C11H12N2/c1-3-5-7-10(4-2)11-12-8-6-9-13-11/h3-9H,2H2,1H3/b5-3-,10-7+. The Morgan fingerprint density at radius 1 is 1.38 bits per heavy atom. The minimum absolute atomic E-state index is 0.704. The van der Waals surface area contributed by atoms with Gasteiger partial charge in [0.25, 0.3) is 0 Å². The van der Waals surface area contributed by atoms with Crippen molar-refractivity contribution in [2.75, 3.05) is 0 Å². The smallest absolute Gasteiger partial charge is 0.159 e. The van der Waals surface area contributed by atoms with Gasteiger partial charge in [0.1, 0.15) is 0 Å². The molecule has 1 aromatic rings. The molecule has 1 rings (SSSR count). The monoisotopic (exact) mass is 172 g/mol. The van der Waals surface area contributed by atoms with Gasteiger partial charge in [0.2, 0.25) is 0 Å². The highest BCUT2D eigenvalue weighted by Crippen LogP contribution is 2.08. The topological polar surface area (TPSA) is 25.8 Å². The lowest BCUT2D eigenvalue weighted by molar-refractivity contribution is 1.12. The van der Waals surface area contributed by atoms with E-state index in [1.807, 2.05) is 25.2 Å². The number of hydrogen-bond donors (Lipinski definition) is 0. The molecule has 0 aromatic carbocycles. The highest BCUT2D eigenvalue weighted by Gasteiger charge is 1.96. The normalized spacial score (nSPS) is 11.9. The summed E-state index contributed by atoms with van der Waals surface area (Å²) in [5.74, 6) is 0.704. The summed E-state index contributed by atoms with van der Waals surface area (Å²) in [5, 5.41) is 0. The molecule has 2 nitrogen and oxygen atoms in total. The number of allylic oxidation sites excluding steroid dienone is 5. The van der Waals surface area contributed by atoms with Gasteiger partial charge in [-0.05, 0) is 13.0 Å². The molecule has 0 aliphatic heterocycles. The molecule has 0 saturated carbocycles. The van der Waals surface area contributed by atoms with Crippen LogP contribution < -0.4 is 0 Å². The van der Waals surface area contributed by atoms with Gasteiger partial charge in [0.15, 0.2) is 5.82 Å². The third-order valence-electron chi connectivity index (χ3n) is 1.51. The van der Waals surface area contributed by atoms with Crippen molar-refractivity contribution in [3.05, 3.63) is 55.2 Å². The summed E-state index contributed by atoms with van der Waals surface area (Å²) in [6.45, 7) is 5.67. The molecule has 0 N–H and O–H groups in total. The fraction of sp³-hybridized carbons (Fsp3) is 0.0909. The first kappa shape index (κ1) is 9.39. The van der Waals surface area contributed by atoms with Crippen molar-refractivity contribution in [2.45, 2.75) is 6.92 Å². The number of rotatable bonds is 3. The second-order valence-corrected chi connectivity index (χ2v) is 2.42. The Labute approximate surface area is 78.4 Å². The largest absolute Gasteiger partial charge is 0.237 e. The molecule has 0 radical (unpaired) electrons. The molecule has 0 amide bonds. The molecular formula is C11H12N2. The Morgan fingerprint density at radius 3 is 2.62 bits per heavy atom. The SMILES string of the molecule is C=C/C(=C\C=C/C)c1ncccn1. The Kier molecular flexibility index (Phi) is 3.64. The average Bonchev–Trinajstić information content (AvgIpc) is 2.21. The van der Waals surface area contributed by atoms with Gasteiger partial charge in [-0.25, -0.2) is 9.97 Å². The van der Waals surface area contributed by atoms with Crippen LogP contribution in [-0.2, 0) is 0 Å². The summed E-state index contributed by atoms with van der Waals surface area (Å²) in [6.07, 6.45) is 11.0. The van der Waals surface area contributed by atoms with E-state index in [1.165, 1.54) is 0 Å². The predicted octanol–water partition coefficient (Wildman–Crippen LogP) is 2.62. The van der Waals surface area contributed by atoms with Crippen molar-refractivity contribution < 1.29 is 0 Å². The van der Waals surface area contributed by atoms with Crippen LogP contribution in [0.1, 0.15) is 12.7 Å². The van der Waals surface area contributed by atoms with E-state index >= 15 is 0 Å². The van der Waals surface area contributed by atoms with Crippen LogP contribution in [0.4, 0.5) is 0 Å². The zero-order chi connectivity index (χ0) is 9.52. The lowest BCUT2D eigenvalue weighted by Crippen LogP contribution is -1.89. The van der Waals surface area contributed by atoms with Crippen LogP contribution >= 0.6 is 0 Å². The molecule has 0 fully saturated rings. The molecule has 0 unspecified atom stereocenters. The average molecular weight is 172 g/mol. The maximum Gasteiger partial charge on any atom is 0.159 e. The van der Waals surface area contributed by atoms with Crippen molar-refractivity contribution in [3.8, 4) is 0 Å². The summed E-state index contributed by atoms with van der Waals surface area (Å²) in [5.41, 5.74) is 0.929. The van der Waals surface area contributed by atoms with Crippen molar-refractivity contribution in [1.29, 1.82) is 0 Å². The molecule has 1 heterocycles. The first-order valence-electron chi connectivity index (χ1n) is 4.11. The Morgan fingerprint density at radius 2 is 2.08 bits per heavy atom. The fourth-order valence-electron chi connectivity index (χ4n) is 0.882. The van der Waals surface area contributed by atoms with Crippen LogP contribution in [0, 0.1) is 0 Å².